The highest BCUT2D eigenvalue weighted by molar-refractivity contribution is 7.90. The van der Waals surface area contributed by atoms with Crippen LogP contribution in [0.5, 0.6) is 0 Å². The Bertz CT molecular complexity index is 745. The van der Waals surface area contributed by atoms with Crippen LogP contribution < -0.4 is 22.1 Å². The minimum Gasteiger partial charge on any atom is -0.371 e. The molecule has 6 N–H and O–H groups in total. The summed E-state index contributed by atoms with van der Waals surface area (Å²) in [4.78, 5) is 10.1. The van der Waals surface area contributed by atoms with Crippen molar-refractivity contribution >= 4 is 33.1 Å². The Morgan fingerprint density at radius 3 is 2.25 bits per heavy atom. The number of guanidine groups is 2. The predicted octanol–water partition coefficient (Wildman–Crippen LogP) is 0.690. The van der Waals surface area contributed by atoms with E-state index in [4.69, 9.17) is 17.2 Å². The van der Waals surface area contributed by atoms with E-state index >= 15 is 0 Å². The van der Waals surface area contributed by atoms with Gasteiger partial charge in [0.2, 0.25) is 5.96 Å². The summed E-state index contributed by atoms with van der Waals surface area (Å²) >= 11 is 0. The van der Waals surface area contributed by atoms with Crippen molar-refractivity contribution in [2.24, 2.45) is 27.2 Å². The van der Waals surface area contributed by atoms with Gasteiger partial charge < -0.3 is 22.1 Å². The summed E-state index contributed by atoms with van der Waals surface area (Å²) in [5.41, 5.74) is 17.4. The molecule has 132 valence electrons. The molecule has 0 spiro atoms. The lowest BCUT2D eigenvalue weighted by Crippen LogP contribution is -2.26. The maximum absolute atomic E-state index is 12.0. The molecule has 0 unspecified atom stereocenters. The van der Waals surface area contributed by atoms with Crippen LogP contribution in [0.15, 0.2) is 33.1 Å². The highest BCUT2D eigenvalue weighted by Gasteiger charge is 2.17. The monoisotopic (exact) mass is 352 g/mol. The Kier molecular flexibility index (Phi) is 5.66. The first kappa shape index (κ1) is 18.1. The minimum absolute atomic E-state index is 0.0924. The standard InChI is InChI=1S/C15H24N6O2S/c1-24(22,23)13-7-6-11(21-8-4-2-3-5-9-21)10-12(13)19-15(18)20-14(16)17/h6-7,10H,2-5,8-9H2,1H3,(H6,16,17,18,19,20). The number of aliphatic imine (C=N–C) groups is 2. The smallest absolute Gasteiger partial charge is 0.223 e. The highest BCUT2D eigenvalue weighted by atomic mass is 32.2. The second-order valence-corrected chi connectivity index (χ2v) is 7.82. The van der Waals surface area contributed by atoms with Gasteiger partial charge in [-0.1, -0.05) is 12.8 Å². The predicted molar refractivity (Wildman–Crippen MR) is 97.3 cm³/mol. The fourth-order valence-corrected chi connectivity index (χ4v) is 3.51. The van der Waals surface area contributed by atoms with Gasteiger partial charge in [0, 0.05) is 25.0 Å². The number of benzene rings is 1. The Balaban J connectivity index is 2.47. The zero-order valence-corrected chi connectivity index (χ0v) is 14.6. The fraction of sp³-hybridized carbons (Fsp3) is 0.467. The second-order valence-electron chi connectivity index (χ2n) is 5.83. The normalized spacial score (nSPS) is 16.5. The lowest BCUT2D eigenvalue weighted by molar-refractivity contribution is 0.602. The van der Waals surface area contributed by atoms with Gasteiger partial charge in [0.1, 0.15) is 0 Å². The second kappa shape index (κ2) is 7.52. The summed E-state index contributed by atoms with van der Waals surface area (Å²) in [6, 6.07) is 5.07. The molecule has 1 fully saturated rings. The summed E-state index contributed by atoms with van der Waals surface area (Å²) in [5, 5.41) is 0. The fourth-order valence-electron chi connectivity index (χ4n) is 2.71. The first-order valence-electron chi connectivity index (χ1n) is 7.80. The Hall–Kier alpha value is -2.29. The Morgan fingerprint density at radius 1 is 1.08 bits per heavy atom. The van der Waals surface area contributed by atoms with Crippen LogP contribution in [-0.4, -0.2) is 39.7 Å². The number of nitrogens with two attached hydrogens (primary N) is 3. The van der Waals surface area contributed by atoms with E-state index < -0.39 is 9.84 Å². The molecule has 8 nitrogen and oxygen atoms in total. The zero-order valence-electron chi connectivity index (χ0n) is 13.8. The van der Waals surface area contributed by atoms with Gasteiger partial charge in [0.15, 0.2) is 15.8 Å². The van der Waals surface area contributed by atoms with Crippen molar-refractivity contribution in [2.45, 2.75) is 30.6 Å². The third kappa shape index (κ3) is 4.85. The van der Waals surface area contributed by atoms with Crippen molar-refractivity contribution in [1.82, 2.24) is 0 Å². The summed E-state index contributed by atoms with van der Waals surface area (Å²) in [7, 11) is -3.45. The highest BCUT2D eigenvalue weighted by Crippen LogP contribution is 2.30. The molecule has 1 aliphatic rings. The molecular formula is C15H24N6O2S. The zero-order chi connectivity index (χ0) is 17.7. The molecule has 0 bridgehead atoms. The largest absolute Gasteiger partial charge is 0.371 e. The topological polar surface area (TPSA) is 140 Å². The number of anilines is 1. The Labute approximate surface area is 142 Å². The lowest BCUT2D eigenvalue weighted by Gasteiger charge is -2.23. The number of sulfone groups is 1. The van der Waals surface area contributed by atoms with E-state index in [1.807, 2.05) is 0 Å². The van der Waals surface area contributed by atoms with Crippen LogP contribution in [0.3, 0.4) is 0 Å². The molecule has 1 heterocycles. The number of rotatable bonds is 3. The van der Waals surface area contributed by atoms with Crippen molar-refractivity contribution in [3.63, 3.8) is 0 Å². The van der Waals surface area contributed by atoms with E-state index in [0.29, 0.717) is 0 Å². The van der Waals surface area contributed by atoms with Crippen LogP contribution >= 0.6 is 0 Å². The maximum Gasteiger partial charge on any atom is 0.223 e. The molecule has 0 aliphatic carbocycles. The van der Waals surface area contributed by atoms with Gasteiger partial charge in [-0.25, -0.2) is 13.4 Å². The molecule has 1 aromatic rings. The van der Waals surface area contributed by atoms with Crippen molar-refractivity contribution in [2.75, 3.05) is 24.2 Å². The molecule has 1 aromatic carbocycles. The SMILES string of the molecule is CS(=O)(=O)c1ccc(N2CCCCCC2)cc1N=C(N)N=C(N)N. The summed E-state index contributed by atoms with van der Waals surface area (Å²) < 4.78 is 24.0. The Morgan fingerprint density at radius 2 is 1.71 bits per heavy atom. The quantitative estimate of drug-likeness (QED) is 0.540. The first-order chi connectivity index (χ1) is 11.3. The molecule has 0 atom stereocenters. The van der Waals surface area contributed by atoms with Crippen LogP contribution in [0.1, 0.15) is 25.7 Å². The van der Waals surface area contributed by atoms with Gasteiger partial charge >= 0.3 is 0 Å². The molecule has 0 aromatic heterocycles. The van der Waals surface area contributed by atoms with Gasteiger partial charge in [0.05, 0.1) is 10.6 Å². The summed E-state index contributed by atoms with van der Waals surface area (Å²) in [6.07, 6.45) is 5.77. The van der Waals surface area contributed by atoms with Crippen LogP contribution in [0.25, 0.3) is 0 Å². The van der Waals surface area contributed by atoms with Crippen molar-refractivity contribution in [3.8, 4) is 0 Å². The van der Waals surface area contributed by atoms with E-state index in [-0.39, 0.29) is 22.5 Å². The van der Waals surface area contributed by atoms with Crippen LogP contribution in [0.2, 0.25) is 0 Å². The molecule has 1 saturated heterocycles. The van der Waals surface area contributed by atoms with E-state index in [2.05, 4.69) is 14.9 Å². The van der Waals surface area contributed by atoms with Gasteiger partial charge in [-0.15, -0.1) is 0 Å². The molecule has 24 heavy (non-hydrogen) atoms. The van der Waals surface area contributed by atoms with Crippen molar-refractivity contribution in [3.05, 3.63) is 18.2 Å². The van der Waals surface area contributed by atoms with Gasteiger partial charge in [-0.3, -0.25) is 0 Å². The molecular weight excluding hydrogens is 328 g/mol. The molecule has 2 rings (SSSR count). The average molecular weight is 352 g/mol. The van der Waals surface area contributed by atoms with Gasteiger partial charge in [0.25, 0.3) is 0 Å². The number of hydrogen-bond donors (Lipinski definition) is 3. The maximum atomic E-state index is 12.0. The molecule has 0 saturated carbocycles. The molecule has 1 aliphatic heterocycles. The average Bonchev–Trinajstić information content (AvgIpc) is 2.74. The molecule has 0 amide bonds. The van der Waals surface area contributed by atoms with Crippen LogP contribution in [0, 0.1) is 0 Å². The third-order valence-corrected chi connectivity index (χ3v) is 4.94. The van der Waals surface area contributed by atoms with Gasteiger partial charge in [-0.2, -0.15) is 4.99 Å². The number of hydrogen-bond acceptors (Lipinski definition) is 4. The van der Waals surface area contributed by atoms with E-state index in [9.17, 15) is 8.42 Å². The van der Waals surface area contributed by atoms with E-state index in [0.717, 1.165) is 37.9 Å². The summed E-state index contributed by atoms with van der Waals surface area (Å²) in [5.74, 6) is -0.422. The summed E-state index contributed by atoms with van der Waals surface area (Å²) in [6.45, 7) is 1.87. The van der Waals surface area contributed by atoms with Crippen LogP contribution in [0.4, 0.5) is 11.4 Å². The van der Waals surface area contributed by atoms with E-state index in [1.54, 1.807) is 18.2 Å². The van der Waals surface area contributed by atoms with Crippen molar-refractivity contribution < 1.29 is 8.42 Å². The molecule has 0 radical (unpaired) electrons. The minimum atomic E-state index is -3.45. The van der Waals surface area contributed by atoms with E-state index in [1.165, 1.54) is 12.8 Å². The molecule has 9 heteroatoms. The number of nitrogens with zero attached hydrogens (tertiary/aromatic N) is 3. The van der Waals surface area contributed by atoms with Gasteiger partial charge in [-0.05, 0) is 31.0 Å². The van der Waals surface area contributed by atoms with Crippen molar-refractivity contribution in [1.29, 1.82) is 0 Å². The first-order valence-corrected chi connectivity index (χ1v) is 9.69. The lowest BCUT2D eigenvalue weighted by atomic mass is 10.2. The van der Waals surface area contributed by atoms with Crippen LogP contribution in [-0.2, 0) is 9.84 Å². The third-order valence-electron chi connectivity index (χ3n) is 3.79.